The summed E-state index contributed by atoms with van der Waals surface area (Å²) in [6.07, 6.45) is 1.94. The number of carbonyl (C=O) groups excluding carboxylic acids is 2. The van der Waals surface area contributed by atoms with Crippen molar-refractivity contribution in [2.24, 2.45) is 5.92 Å². The maximum atomic E-state index is 13.3. The van der Waals surface area contributed by atoms with E-state index >= 15 is 0 Å². The van der Waals surface area contributed by atoms with Crippen molar-refractivity contribution in [1.82, 2.24) is 10.2 Å². The van der Waals surface area contributed by atoms with Crippen LogP contribution in [0.15, 0.2) is 47.4 Å². The monoisotopic (exact) mass is 499 g/mol. The predicted molar refractivity (Wildman–Crippen MR) is 137 cm³/mol. The molecule has 2 heterocycles. The summed E-state index contributed by atoms with van der Waals surface area (Å²) in [5, 5.41) is 5.93. The number of nitrogens with zero attached hydrogens (tertiary/aromatic N) is 2. The zero-order valence-electron chi connectivity index (χ0n) is 20.2. The highest BCUT2D eigenvalue weighted by Gasteiger charge is 2.25. The molecule has 2 aliphatic rings. The number of sulfonamides is 1. The van der Waals surface area contributed by atoms with E-state index in [0.29, 0.717) is 35.9 Å². The van der Waals surface area contributed by atoms with Crippen LogP contribution in [0.2, 0.25) is 0 Å². The van der Waals surface area contributed by atoms with E-state index in [0.717, 1.165) is 44.7 Å². The number of piperidine rings is 1. The van der Waals surface area contributed by atoms with Crippen molar-refractivity contribution < 1.29 is 18.0 Å². The molecule has 9 nitrogen and oxygen atoms in total. The van der Waals surface area contributed by atoms with Crippen LogP contribution in [0.1, 0.15) is 37.0 Å². The highest BCUT2D eigenvalue weighted by Crippen LogP contribution is 2.31. The highest BCUT2D eigenvalue weighted by molar-refractivity contribution is 7.92. The second-order valence-corrected chi connectivity index (χ2v) is 10.9. The molecule has 2 aromatic carbocycles. The summed E-state index contributed by atoms with van der Waals surface area (Å²) in [6, 6.07) is 11.3. The number of likely N-dealkylation sites (tertiary alicyclic amines) is 1. The van der Waals surface area contributed by atoms with Crippen LogP contribution < -0.4 is 20.3 Å². The molecule has 0 spiro atoms. The molecule has 2 amide bonds. The number of benzene rings is 2. The lowest BCUT2D eigenvalue weighted by Gasteiger charge is -2.32. The molecule has 0 saturated carbocycles. The van der Waals surface area contributed by atoms with Crippen molar-refractivity contribution in [2.75, 3.05) is 54.2 Å². The van der Waals surface area contributed by atoms with Crippen LogP contribution in [0, 0.1) is 5.92 Å². The van der Waals surface area contributed by atoms with Crippen LogP contribution in [0.5, 0.6) is 0 Å². The fourth-order valence-electron chi connectivity index (χ4n) is 4.45. The predicted octanol–water partition coefficient (Wildman–Crippen LogP) is 2.73. The van der Waals surface area contributed by atoms with E-state index in [1.807, 2.05) is 11.0 Å². The van der Waals surface area contributed by atoms with Gasteiger partial charge in [0.2, 0.25) is 5.91 Å². The Morgan fingerprint density at radius 3 is 2.26 bits per heavy atom. The Kier molecular flexibility index (Phi) is 7.61. The lowest BCUT2D eigenvalue weighted by atomic mass is 9.98. The average Bonchev–Trinajstić information content (AvgIpc) is 2.84. The van der Waals surface area contributed by atoms with Crippen molar-refractivity contribution in [1.29, 1.82) is 0 Å². The highest BCUT2D eigenvalue weighted by atomic mass is 32.2. The van der Waals surface area contributed by atoms with Crippen LogP contribution >= 0.6 is 0 Å². The van der Waals surface area contributed by atoms with Gasteiger partial charge in [-0.3, -0.25) is 14.3 Å². The number of anilines is 3. The Morgan fingerprint density at radius 1 is 0.971 bits per heavy atom. The van der Waals surface area contributed by atoms with Gasteiger partial charge in [0.15, 0.2) is 0 Å². The minimum atomic E-state index is -3.92. The molecular formula is C25H33N5O4S. The number of rotatable bonds is 6. The van der Waals surface area contributed by atoms with Gasteiger partial charge in [-0.05, 0) is 61.2 Å². The van der Waals surface area contributed by atoms with Gasteiger partial charge < -0.3 is 20.4 Å². The Morgan fingerprint density at radius 2 is 1.63 bits per heavy atom. The minimum Gasteiger partial charge on any atom is -0.367 e. The van der Waals surface area contributed by atoms with E-state index in [1.165, 1.54) is 19.1 Å². The summed E-state index contributed by atoms with van der Waals surface area (Å²) in [4.78, 5) is 28.5. The van der Waals surface area contributed by atoms with Crippen LogP contribution in [-0.4, -0.2) is 64.4 Å². The molecule has 188 valence electrons. The minimum absolute atomic E-state index is 0.0691. The summed E-state index contributed by atoms with van der Waals surface area (Å²) in [7, 11) is -3.92. The quantitative estimate of drug-likeness (QED) is 0.564. The molecule has 0 aromatic heterocycles. The molecule has 2 saturated heterocycles. The van der Waals surface area contributed by atoms with E-state index in [1.54, 1.807) is 24.3 Å². The van der Waals surface area contributed by atoms with E-state index in [-0.39, 0.29) is 16.7 Å². The first-order valence-electron chi connectivity index (χ1n) is 12.0. The SMILES string of the molecule is CC(=O)Nc1ccc(S(=O)(=O)Nc2cc(C(=O)N3CCC(C)CC3)ccc2N2CCNCC2)cc1. The molecule has 0 unspecified atom stereocenters. The molecule has 10 heteroatoms. The van der Waals surface area contributed by atoms with E-state index in [4.69, 9.17) is 0 Å². The summed E-state index contributed by atoms with van der Waals surface area (Å²) >= 11 is 0. The largest absolute Gasteiger partial charge is 0.367 e. The van der Waals surface area contributed by atoms with Crippen molar-refractivity contribution in [3.8, 4) is 0 Å². The third-order valence-corrected chi connectivity index (χ3v) is 7.88. The summed E-state index contributed by atoms with van der Waals surface area (Å²) < 4.78 is 29.2. The maximum Gasteiger partial charge on any atom is 0.261 e. The molecule has 3 N–H and O–H groups in total. The molecule has 4 rings (SSSR count). The van der Waals surface area contributed by atoms with Gasteiger partial charge in [-0.15, -0.1) is 0 Å². The lowest BCUT2D eigenvalue weighted by molar-refractivity contribution is -0.114. The Bertz CT molecular complexity index is 1170. The molecule has 2 aliphatic heterocycles. The molecule has 2 aromatic rings. The van der Waals surface area contributed by atoms with Crippen molar-refractivity contribution >= 4 is 38.9 Å². The van der Waals surface area contributed by atoms with Crippen molar-refractivity contribution in [3.05, 3.63) is 48.0 Å². The molecular weight excluding hydrogens is 466 g/mol. The van der Waals surface area contributed by atoms with Crippen LogP contribution in [-0.2, 0) is 14.8 Å². The average molecular weight is 500 g/mol. The Hall–Kier alpha value is -3.11. The molecule has 35 heavy (non-hydrogen) atoms. The first-order chi connectivity index (χ1) is 16.7. The topological polar surface area (TPSA) is 111 Å². The Labute approximate surface area is 206 Å². The van der Waals surface area contributed by atoms with Crippen molar-refractivity contribution in [2.45, 2.75) is 31.6 Å². The first-order valence-corrected chi connectivity index (χ1v) is 13.5. The zero-order chi connectivity index (χ0) is 25.0. The van der Waals surface area contributed by atoms with Gasteiger partial charge in [-0.25, -0.2) is 8.42 Å². The van der Waals surface area contributed by atoms with Gasteiger partial charge in [-0.1, -0.05) is 6.92 Å². The van der Waals surface area contributed by atoms with Crippen LogP contribution in [0.3, 0.4) is 0 Å². The third-order valence-electron chi connectivity index (χ3n) is 6.50. The number of hydrogen-bond donors (Lipinski definition) is 3. The molecule has 0 bridgehead atoms. The van der Waals surface area contributed by atoms with Gasteiger partial charge >= 0.3 is 0 Å². The fourth-order valence-corrected chi connectivity index (χ4v) is 5.52. The lowest BCUT2D eigenvalue weighted by Crippen LogP contribution is -2.44. The zero-order valence-corrected chi connectivity index (χ0v) is 21.0. The van der Waals surface area contributed by atoms with Gasteiger partial charge in [0.1, 0.15) is 0 Å². The number of amides is 2. The van der Waals surface area contributed by atoms with Crippen molar-refractivity contribution in [3.63, 3.8) is 0 Å². The summed E-state index contributed by atoms with van der Waals surface area (Å²) in [5.41, 5.74) is 2.11. The van der Waals surface area contributed by atoms with Gasteiger partial charge in [0.25, 0.3) is 15.9 Å². The number of hydrogen-bond acceptors (Lipinski definition) is 6. The number of nitrogens with one attached hydrogen (secondary N) is 3. The summed E-state index contributed by atoms with van der Waals surface area (Å²) in [5.74, 6) is 0.293. The van der Waals surface area contributed by atoms with Gasteiger partial charge in [0.05, 0.1) is 16.3 Å². The second kappa shape index (κ2) is 10.7. The number of carbonyl (C=O) groups is 2. The second-order valence-electron chi connectivity index (χ2n) is 9.25. The third kappa shape index (κ3) is 6.12. The molecule has 2 fully saturated rings. The molecule has 0 radical (unpaired) electrons. The number of piperazine rings is 1. The normalized spacial score (nSPS) is 17.2. The first kappa shape index (κ1) is 25.0. The van der Waals surface area contributed by atoms with Gasteiger partial charge in [0, 0.05) is 57.4 Å². The maximum absolute atomic E-state index is 13.3. The van der Waals surface area contributed by atoms with Crippen LogP contribution in [0.4, 0.5) is 17.1 Å². The molecule has 0 atom stereocenters. The summed E-state index contributed by atoms with van der Waals surface area (Å²) in [6.45, 7) is 8.06. The van der Waals surface area contributed by atoms with Gasteiger partial charge in [-0.2, -0.15) is 0 Å². The molecule has 0 aliphatic carbocycles. The fraction of sp³-hybridized carbons (Fsp3) is 0.440. The van der Waals surface area contributed by atoms with E-state index in [2.05, 4.69) is 27.2 Å². The standard InChI is InChI=1S/C25H33N5O4S/c1-18-9-13-30(14-10-18)25(32)20-3-8-24(29-15-11-26-12-16-29)23(17-20)28-35(33,34)22-6-4-21(5-7-22)27-19(2)31/h3-8,17-18,26,28H,9-16H2,1-2H3,(H,27,31). The van der Waals surface area contributed by atoms with E-state index < -0.39 is 10.0 Å². The smallest absolute Gasteiger partial charge is 0.261 e. The van der Waals surface area contributed by atoms with Crippen LogP contribution in [0.25, 0.3) is 0 Å². The van der Waals surface area contributed by atoms with E-state index in [9.17, 15) is 18.0 Å². The Balaban J connectivity index is 1.63.